The Labute approximate surface area is 108 Å². The second-order valence-corrected chi connectivity index (χ2v) is 4.45. The number of pyridine rings is 1. The van der Waals surface area contributed by atoms with E-state index in [1.165, 1.54) is 0 Å². The molecule has 1 N–H and O–H groups in total. The molecule has 5 nitrogen and oxygen atoms in total. The summed E-state index contributed by atoms with van der Waals surface area (Å²) in [6, 6.07) is 3.80. The van der Waals surface area contributed by atoms with E-state index in [-0.39, 0.29) is 0 Å². The minimum absolute atomic E-state index is 0.342. The number of ether oxygens (including phenoxy) is 2. The van der Waals surface area contributed by atoms with Crippen molar-refractivity contribution in [2.45, 2.75) is 19.6 Å². The van der Waals surface area contributed by atoms with Crippen LogP contribution in [0.4, 0.5) is 0 Å². The van der Waals surface area contributed by atoms with Crippen LogP contribution in [0.3, 0.4) is 0 Å². The first kappa shape index (κ1) is 14.9. The third kappa shape index (κ3) is 5.00. The second-order valence-electron chi connectivity index (χ2n) is 4.45. The summed E-state index contributed by atoms with van der Waals surface area (Å²) in [6.45, 7) is 3.49. The quantitative estimate of drug-likeness (QED) is 0.781. The highest BCUT2D eigenvalue weighted by atomic mass is 16.5. The molecule has 1 unspecified atom stereocenters. The Morgan fingerprint density at radius 2 is 2.11 bits per heavy atom. The number of hydrogen-bond acceptors (Lipinski definition) is 5. The van der Waals surface area contributed by atoms with Crippen LogP contribution < -0.4 is 4.74 Å². The van der Waals surface area contributed by atoms with Gasteiger partial charge in [0.25, 0.3) is 0 Å². The molecule has 0 saturated heterocycles. The largest absolute Gasteiger partial charge is 0.497 e. The van der Waals surface area contributed by atoms with Crippen molar-refractivity contribution >= 4 is 0 Å². The van der Waals surface area contributed by atoms with Crippen LogP contribution in [0.2, 0.25) is 0 Å². The molecule has 0 bridgehead atoms. The van der Waals surface area contributed by atoms with Crippen LogP contribution in [0.15, 0.2) is 12.1 Å². The number of aliphatic hydroxyl groups is 1. The van der Waals surface area contributed by atoms with Gasteiger partial charge in [0.2, 0.25) is 0 Å². The molecule has 1 atom stereocenters. The molecule has 1 aromatic rings. The van der Waals surface area contributed by atoms with Crippen LogP contribution in [0.25, 0.3) is 0 Å². The lowest BCUT2D eigenvalue weighted by molar-refractivity contribution is 0.0416. The zero-order valence-corrected chi connectivity index (χ0v) is 11.5. The Bertz CT molecular complexity index is 371. The molecular weight excluding hydrogens is 232 g/mol. The molecule has 0 aliphatic rings. The number of methoxy groups -OCH3 is 2. The third-order valence-corrected chi connectivity index (χ3v) is 2.53. The van der Waals surface area contributed by atoms with Crippen molar-refractivity contribution in [3.63, 3.8) is 0 Å². The minimum atomic E-state index is -0.480. The van der Waals surface area contributed by atoms with Gasteiger partial charge in [-0.25, -0.2) is 0 Å². The van der Waals surface area contributed by atoms with Crippen LogP contribution in [0.1, 0.15) is 11.4 Å². The molecule has 0 aromatic carbocycles. The molecule has 1 aromatic heterocycles. The summed E-state index contributed by atoms with van der Waals surface area (Å²) in [5.41, 5.74) is 1.86. The van der Waals surface area contributed by atoms with Crippen molar-refractivity contribution in [1.82, 2.24) is 9.88 Å². The van der Waals surface area contributed by atoms with Gasteiger partial charge in [0.1, 0.15) is 5.75 Å². The third-order valence-electron chi connectivity index (χ3n) is 2.53. The van der Waals surface area contributed by atoms with E-state index in [1.807, 2.05) is 31.0 Å². The van der Waals surface area contributed by atoms with Crippen LogP contribution in [0.5, 0.6) is 5.75 Å². The SMILES string of the molecule is COCC(O)CN(C)Cc1cc(OC)cc(C)n1. The van der Waals surface area contributed by atoms with Gasteiger partial charge < -0.3 is 14.6 Å². The van der Waals surface area contributed by atoms with Gasteiger partial charge in [0.05, 0.1) is 25.5 Å². The Morgan fingerprint density at radius 1 is 1.39 bits per heavy atom. The molecular formula is C13H22N2O3. The number of aliphatic hydroxyl groups excluding tert-OH is 1. The number of hydrogen-bond donors (Lipinski definition) is 1. The molecule has 0 fully saturated rings. The molecule has 0 aliphatic carbocycles. The fourth-order valence-corrected chi connectivity index (χ4v) is 1.85. The standard InChI is InChI=1S/C13H22N2O3/c1-10-5-13(18-4)6-11(14-10)7-15(2)8-12(16)9-17-3/h5-6,12,16H,7-9H2,1-4H3. The fourth-order valence-electron chi connectivity index (χ4n) is 1.85. The van der Waals surface area contributed by atoms with Crippen molar-refractivity contribution in [1.29, 1.82) is 0 Å². The zero-order valence-electron chi connectivity index (χ0n) is 11.5. The molecule has 5 heteroatoms. The first-order valence-corrected chi connectivity index (χ1v) is 5.92. The summed E-state index contributed by atoms with van der Waals surface area (Å²) in [5.74, 6) is 0.809. The molecule has 102 valence electrons. The highest BCUT2D eigenvalue weighted by molar-refractivity contribution is 5.26. The van der Waals surface area contributed by atoms with Crippen molar-refractivity contribution in [3.05, 3.63) is 23.5 Å². The Kier molecular flexibility index (Phi) is 6.04. The molecule has 1 rings (SSSR count). The number of rotatable bonds is 7. The smallest absolute Gasteiger partial charge is 0.122 e. The topological polar surface area (TPSA) is 54.8 Å². The molecule has 1 heterocycles. The van der Waals surface area contributed by atoms with Gasteiger partial charge in [-0.15, -0.1) is 0 Å². The highest BCUT2D eigenvalue weighted by Gasteiger charge is 2.09. The summed E-state index contributed by atoms with van der Waals surface area (Å²) in [6.07, 6.45) is -0.480. The summed E-state index contributed by atoms with van der Waals surface area (Å²) in [4.78, 5) is 6.45. The van der Waals surface area contributed by atoms with Crippen molar-refractivity contribution in [3.8, 4) is 5.75 Å². The first-order chi connectivity index (χ1) is 8.55. The van der Waals surface area contributed by atoms with Crippen molar-refractivity contribution < 1.29 is 14.6 Å². The number of aromatic nitrogens is 1. The number of likely N-dealkylation sites (N-methyl/N-ethyl adjacent to an activating group) is 1. The molecule has 0 amide bonds. The Morgan fingerprint density at radius 3 is 2.72 bits per heavy atom. The predicted molar refractivity (Wildman–Crippen MR) is 69.7 cm³/mol. The summed E-state index contributed by atoms with van der Waals surface area (Å²) < 4.78 is 10.1. The lowest BCUT2D eigenvalue weighted by Gasteiger charge is -2.20. The molecule has 0 aliphatic heterocycles. The van der Waals surface area contributed by atoms with Gasteiger partial charge >= 0.3 is 0 Å². The maximum Gasteiger partial charge on any atom is 0.122 e. The number of aryl methyl sites for hydroxylation is 1. The fraction of sp³-hybridized carbons (Fsp3) is 0.615. The van der Waals surface area contributed by atoms with E-state index in [1.54, 1.807) is 14.2 Å². The van der Waals surface area contributed by atoms with E-state index < -0.39 is 6.10 Å². The molecule has 0 spiro atoms. The Hall–Kier alpha value is -1.17. The second kappa shape index (κ2) is 7.31. The average Bonchev–Trinajstić information content (AvgIpc) is 2.27. The van der Waals surface area contributed by atoms with Crippen LogP contribution >= 0.6 is 0 Å². The maximum atomic E-state index is 9.64. The van der Waals surface area contributed by atoms with E-state index in [9.17, 15) is 5.11 Å². The van der Waals surface area contributed by atoms with E-state index in [2.05, 4.69) is 4.98 Å². The predicted octanol–water partition coefficient (Wildman–Crippen LogP) is 0.838. The van der Waals surface area contributed by atoms with Crippen LogP contribution in [0, 0.1) is 6.92 Å². The summed E-state index contributed by atoms with van der Waals surface area (Å²) in [5, 5.41) is 9.64. The van der Waals surface area contributed by atoms with E-state index in [4.69, 9.17) is 9.47 Å². The minimum Gasteiger partial charge on any atom is -0.497 e. The van der Waals surface area contributed by atoms with E-state index in [0.29, 0.717) is 19.7 Å². The lowest BCUT2D eigenvalue weighted by Crippen LogP contribution is -2.31. The van der Waals surface area contributed by atoms with Gasteiger partial charge in [-0.05, 0) is 14.0 Å². The summed E-state index contributed by atoms with van der Waals surface area (Å²) in [7, 11) is 5.16. The normalized spacial score (nSPS) is 12.8. The van der Waals surface area contributed by atoms with Gasteiger partial charge in [0.15, 0.2) is 0 Å². The average molecular weight is 254 g/mol. The lowest BCUT2D eigenvalue weighted by atomic mass is 10.2. The van der Waals surface area contributed by atoms with Gasteiger partial charge in [-0.2, -0.15) is 0 Å². The maximum absolute atomic E-state index is 9.64. The Balaban J connectivity index is 2.58. The van der Waals surface area contributed by atoms with Crippen molar-refractivity contribution in [2.24, 2.45) is 0 Å². The first-order valence-electron chi connectivity index (χ1n) is 5.92. The highest BCUT2D eigenvalue weighted by Crippen LogP contribution is 2.14. The van der Waals surface area contributed by atoms with E-state index >= 15 is 0 Å². The van der Waals surface area contributed by atoms with Crippen LogP contribution in [-0.2, 0) is 11.3 Å². The van der Waals surface area contributed by atoms with Crippen LogP contribution in [-0.4, -0.2) is 55.5 Å². The molecule has 0 radical (unpaired) electrons. The van der Waals surface area contributed by atoms with Gasteiger partial charge in [-0.1, -0.05) is 0 Å². The van der Waals surface area contributed by atoms with Gasteiger partial charge in [-0.3, -0.25) is 9.88 Å². The zero-order chi connectivity index (χ0) is 13.5. The molecule has 18 heavy (non-hydrogen) atoms. The van der Waals surface area contributed by atoms with E-state index in [0.717, 1.165) is 17.1 Å². The van der Waals surface area contributed by atoms with Gasteiger partial charge in [0, 0.05) is 38.0 Å². The van der Waals surface area contributed by atoms with Crippen molar-refractivity contribution in [2.75, 3.05) is 34.4 Å². The monoisotopic (exact) mass is 254 g/mol. The molecule has 0 saturated carbocycles. The number of nitrogens with zero attached hydrogens (tertiary/aromatic N) is 2. The summed E-state index contributed by atoms with van der Waals surface area (Å²) >= 11 is 0.